The van der Waals surface area contributed by atoms with Crippen LogP contribution in [0.25, 0.3) is 0 Å². The van der Waals surface area contributed by atoms with Crippen molar-refractivity contribution in [2.24, 2.45) is 0 Å². The summed E-state index contributed by atoms with van der Waals surface area (Å²) in [7, 11) is 0. The maximum Gasteiger partial charge on any atom is 0.233 e. The minimum Gasteiger partial charge on any atom is -0.332 e. The lowest BCUT2D eigenvalue weighted by Gasteiger charge is -2.36. The van der Waals surface area contributed by atoms with Crippen LogP contribution in [-0.4, -0.2) is 41.2 Å². The molecule has 1 fully saturated rings. The Bertz CT molecular complexity index is 666. The van der Waals surface area contributed by atoms with E-state index in [0.29, 0.717) is 5.75 Å². The molecule has 1 aromatic heterocycles. The Labute approximate surface area is 159 Å². The number of carbonyl (C=O) groups excluding carboxylic acids is 1. The second-order valence-corrected chi connectivity index (χ2v) is 7.06. The van der Waals surface area contributed by atoms with Crippen molar-refractivity contribution < 1.29 is 4.79 Å². The van der Waals surface area contributed by atoms with Gasteiger partial charge in [0.15, 0.2) is 0 Å². The van der Waals surface area contributed by atoms with Gasteiger partial charge < -0.3 is 10.2 Å². The van der Waals surface area contributed by atoms with Crippen LogP contribution in [-0.2, 0) is 10.5 Å². The summed E-state index contributed by atoms with van der Waals surface area (Å²) >= 11 is 1.68. The van der Waals surface area contributed by atoms with Gasteiger partial charge in [0.1, 0.15) is 0 Å². The molecular weight excluding hydrogens is 354 g/mol. The molecule has 1 unspecified atom stereocenters. The molecule has 2 aromatic rings. The fourth-order valence-corrected chi connectivity index (χ4v) is 3.77. The zero-order chi connectivity index (χ0) is 16.8. The molecule has 6 heteroatoms. The first kappa shape index (κ1) is 19.8. The molecule has 25 heavy (non-hydrogen) atoms. The zero-order valence-electron chi connectivity index (χ0n) is 14.4. The number of amides is 1. The maximum atomic E-state index is 12.7. The zero-order valence-corrected chi connectivity index (χ0v) is 16.0. The van der Waals surface area contributed by atoms with Crippen LogP contribution in [0, 0.1) is 6.92 Å². The van der Waals surface area contributed by atoms with Crippen molar-refractivity contribution in [3.05, 3.63) is 65.5 Å². The van der Waals surface area contributed by atoms with Crippen molar-refractivity contribution in [2.75, 3.05) is 25.4 Å². The minimum absolute atomic E-state index is 0. The van der Waals surface area contributed by atoms with E-state index in [4.69, 9.17) is 0 Å². The number of benzene rings is 1. The summed E-state index contributed by atoms with van der Waals surface area (Å²) in [6.07, 6.45) is 3.63. The van der Waals surface area contributed by atoms with Crippen molar-refractivity contribution >= 4 is 30.1 Å². The molecule has 0 bridgehead atoms. The second-order valence-electron chi connectivity index (χ2n) is 6.07. The van der Waals surface area contributed by atoms with Gasteiger partial charge in [0, 0.05) is 37.8 Å². The molecule has 1 amide bonds. The van der Waals surface area contributed by atoms with Gasteiger partial charge in [-0.3, -0.25) is 9.78 Å². The third-order valence-corrected chi connectivity index (χ3v) is 5.24. The van der Waals surface area contributed by atoms with Crippen molar-refractivity contribution in [3.63, 3.8) is 0 Å². The molecule has 0 saturated carbocycles. The summed E-state index contributed by atoms with van der Waals surface area (Å²) in [5.74, 6) is 1.60. The molecule has 4 nitrogen and oxygen atoms in total. The maximum absolute atomic E-state index is 12.7. The van der Waals surface area contributed by atoms with Crippen LogP contribution >= 0.6 is 24.2 Å². The molecule has 134 valence electrons. The summed E-state index contributed by atoms with van der Waals surface area (Å²) in [5, 5.41) is 3.38. The van der Waals surface area contributed by atoms with E-state index in [1.54, 1.807) is 18.0 Å². The van der Waals surface area contributed by atoms with E-state index in [1.165, 1.54) is 11.1 Å². The van der Waals surface area contributed by atoms with Crippen molar-refractivity contribution in [1.82, 2.24) is 15.2 Å². The van der Waals surface area contributed by atoms with E-state index in [9.17, 15) is 4.79 Å². The number of halogens is 1. The molecule has 0 spiro atoms. The fourth-order valence-electron chi connectivity index (χ4n) is 2.90. The number of aryl methyl sites for hydroxylation is 1. The van der Waals surface area contributed by atoms with Crippen LogP contribution in [0.15, 0.2) is 48.8 Å². The molecule has 1 aliphatic heterocycles. The second kappa shape index (κ2) is 9.80. The number of hydrogen-bond donors (Lipinski definition) is 1. The summed E-state index contributed by atoms with van der Waals surface area (Å²) in [6, 6.07) is 12.6. The molecule has 0 radical (unpaired) electrons. The third-order valence-electron chi connectivity index (χ3n) is 4.25. The summed E-state index contributed by atoms with van der Waals surface area (Å²) < 4.78 is 0. The number of pyridine rings is 1. The number of thioether (sulfide) groups is 1. The number of nitrogens with zero attached hydrogens (tertiary/aromatic N) is 2. The number of aromatic nitrogens is 1. The molecular formula is C19H24ClN3OS. The van der Waals surface area contributed by atoms with Crippen molar-refractivity contribution in [3.8, 4) is 0 Å². The van der Waals surface area contributed by atoms with Gasteiger partial charge in [0.05, 0.1) is 11.8 Å². The van der Waals surface area contributed by atoms with Crippen LogP contribution < -0.4 is 5.32 Å². The fraction of sp³-hybridized carbons (Fsp3) is 0.368. The summed E-state index contributed by atoms with van der Waals surface area (Å²) in [5.41, 5.74) is 3.63. The quantitative estimate of drug-likeness (QED) is 0.869. The first-order chi connectivity index (χ1) is 11.7. The standard InChI is InChI=1S/C19H23N3OS.ClH/c1-15-4-6-16(7-5-15)13-24-14-19(23)22-10-9-21-12-18(22)17-3-2-8-20-11-17;/h2-8,11,18,21H,9-10,12-14H2,1H3;1H. The highest BCUT2D eigenvalue weighted by Gasteiger charge is 2.27. The Kier molecular flexibility index (Phi) is 7.75. The number of carbonyl (C=O) groups is 1. The molecule has 3 rings (SSSR count). The number of rotatable bonds is 5. The van der Waals surface area contributed by atoms with Gasteiger partial charge in [-0.05, 0) is 24.1 Å². The van der Waals surface area contributed by atoms with Gasteiger partial charge in [-0.1, -0.05) is 35.9 Å². The molecule has 2 heterocycles. The van der Waals surface area contributed by atoms with E-state index in [2.05, 4.69) is 41.5 Å². The SMILES string of the molecule is Cc1ccc(CSCC(=O)N2CCNCC2c2cccnc2)cc1.Cl. The van der Waals surface area contributed by atoms with E-state index in [-0.39, 0.29) is 24.4 Å². The highest BCUT2D eigenvalue weighted by molar-refractivity contribution is 7.99. The van der Waals surface area contributed by atoms with E-state index < -0.39 is 0 Å². The summed E-state index contributed by atoms with van der Waals surface area (Å²) in [6.45, 7) is 4.48. The molecule has 1 atom stereocenters. The average molecular weight is 378 g/mol. The Morgan fingerprint density at radius 1 is 1.32 bits per heavy atom. The van der Waals surface area contributed by atoms with E-state index in [1.807, 2.05) is 23.2 Å². The monoisotopic (exact) mass is 377 g/mol. The van der Waals surface area contributed by atoms with Gasteiger partial charge in [-0.2, -0.15) is 0 Å². The highest BCUT2D eigenvalue weighted by atomic mass is 35.5. The highest BCUT2D eigenvalue weighted by Crippen LogP contribution is 2.23. The predicted octanol–water partition coefficient (Wildman–Crippen LogP) is 3.22. The smallest absolute Gasteiger partial charge is 0.233 e. The van der Waals surface area contributed by atoms with Crippen LogP contribution in [0.4, 0.5) is 0 Å². The Balaban J connectivity index is 0.00000225. The van der Waals surface area contributed by atoms with Crippen LogP contribution in [0.5, 0.6) is 0 Å². The number of hydrogen-bond acceptors (Lipinski definition) is 4. The van der Waals surface area contributed by atoms with E-state index >= 15 is 0 Å². The largest absolute Gasteiger partial charge is 0.332 e. The van der Waals surface area contributed by atoms with Gasteiger partial charge in [0.2, 0.25) is 5.91 Å². The first-order valence-corrected chi connectivity index (χ1v) is 9.43. The number of piperazine rings is 1. The minimum atomic E-state index is 0. The Morgan fingerprint density at radius 2 is 2.12 bits per heavy atom. The Hall–Kier alpha value is -1.56. The van der Waals surface area contributed by atoms with Gasteiger partial charge in [-0.25, -0.2) is 0 Å². The van der Waals surface area contributed by atoms with Crippen molar-refractivity contribution in [2.45, 2.75) is 18.7 Å². The van der Waals surface area contributed by atoms with Gasteiger partial charge in [0.25, 0.3) is 0 Å². The lowest BCUT2D eigenvalue weighted by molar-refractivity contribution is -0.131. The average Bonchev–Trinajstić information content (AvgIpc) is 2.64. The van der Waals surface area contributed by atoms with Crippen molar-refractivity contribution in [1.29, 1.82) is 0 Å². The topological polar surface area (TPSA) is 45.2 Å². The van der Waals surface area contributed by atoms with Crippen LogP contribution in [0.2, 0.25) is 0 Å². The summed E-state index contributed by atoms with van der Waals surface area (Å²) in [4.78, 5) is 18.9. The molecule has 1 aromatic carbocycles. The number of nitrogens with one attached hydrogen (secondary N) is 1. The molecule has 0 aliphatic carbocycles. The van der Waals surface area contributed by atoms with Gasteiger partial charge >= 0.3 is 0 Å². The Morgan fingerprint density at radius 3 is 2.84 bits per heavy atom. The van der Waals surface area contributed by atoms with Crippen LogP contribution in [0.3, 0.4) is 0 Å². The van der Waals surface area contributed by atoms with E-state index in [0.717, 1.165) is 31.0 Å². The van der Waals surface area contributed by atoms with Crippen LogP contribution in [0.1, 0.15) is 22.7 Å². The normalized spacial score (nSPS) is 17.0. The molecule has 1 saturated heterocycles. The predicted molar refractivity (Wildman–Crippen MR) is 106 cm³/mol. The first-order valence-electron chi connectivity index (χ1n) is 8.27. The molecule has 1 N–H and O–H groups in total. The lowest BCUT2D eigenvalue weighted by atomic mass is 10.1. The molecule has 1 aliphatic rings. The van der Waals surface area contributed by atoms with Gasteiger partial charge in [-0.15, -0.1) is 24.2 Å². The third kappa shape index (κ3) is 5.46. The lowest BCUT2D eigenvalue weighted by Crippen LogP contribution is -2.49.